The summed E-state index contributed by atoms with van der Waals surface area (Å²) >= 11 is 6.41. The zero-order chi connectivity index (χ0) is 19.3. The van der Waals surface area contributed by atoms with Crippen LogP contribution in [0.4, 0.5) is 4.79 Å². The highest BCUT2D eigenvalue weighted by molar-refractivity contribution is 6.31. The van der Waals surface area contributed by atoms with Gasteiger partial charge in [0.15, 0.2) is 0 Å². The predicted octanol–water partition coefficient (Wildman–Crippen LogP) is 5.17. The van der Waals surface area contributed by atoms with E-state index in [4.69, 9.17) is 25.8 Å². The Bertz CT molecular complexity index is 1040. The lowest BCUT2D eigenvalue weighted by Gasteiger charge is -2.22. The van der Waals surface area contributed by atoms with Gasteiger partial charge in [-0.05, 0) is 13.3 Å². The molecule has 0 radical (unpaired) electrons. The zero-order valence-corrected chi connectivity index (χ0v) is 15.6. The highest BCUT2D eigenvalue weighted by Gasteiger charge is 2.44. The Kier molecular flexibility index (Phi) is 4.19. The minimum absolute atomic E-state index is 0.0101. The van der Waals surface area contributed by atoms with Crippen LogP contribution >= 0.6 is 11.6 Å². The minimum atomic E-state index is -0.799. The maximum atomic E-state index is 12.3. The Hall–Kier alpha value is -2.79. The topological polar surface area (TPSA) is 61.8 Å². The molecule has 0 N–H and O–H groups in total. The van der Waals surface area contributed by atoms with Crippen molar-refractivity contribution in [3.05, 3.63) is 58.7 Å². The number of hydrogen-bond acceptors (Lipinski definition) is 5. The molecule has 0 heterocycles. The lowest BCUT2D eigenvalue weighted by atomic mass is 9.90. The third kappa shape index (κ3) is 2.70. The van der Waals surface area contributed by atoms with E-state index in [2.05, 4.69) is 6.58 Å². The standard InChI is InChI=1S/C21H17ClO5/c1-10(2)20(23)26-19-13-7-5-4-6-12(13)18(27-21(24)25-3)16-11-8-14(17(16)19)15(22)9-11/h4-7,9,11,14H,1,8H2,2-3H3. The molecule has 0 fully saturated rings. The maximum Gasteiger partial charge on any atom is 0.513 e. The van der Waals surface area contributed by atoms with Crippen molar-refractivity contribution in [1.82, 2.24) is 0 Å². The van der Waals surface area contributed by atoms with Gasteiger partial charge in [0.2, 0.25) is 0 Å². The summed E-state index contributed by atoms with van der Waals surface area (Å²) in [5.74, 6) is 0.264. The third-order valence-corrected chi connectivity index (χ3v) is 5.38. The van der Waals surface area contributed by atoms with E-state index in [9.17, 15) is 9.59 Å². The van der Waals surface area contributed by atoms with Gasteiger partial charge >= 0.3 is 12.1 Å². The number of rotatable bonds is 3. The summed E-state index contributed by atoms with van der Waals surface area (Å²) in [6, 6.07) is 7.31. The molecule has 0 aromatic heterocycles. The van der Waals surface area contributed by atoms with Crippen LogP contribution in [0, 0.1) is 0 Å². The third-order valence-electron chi connectivity index (χ3n) is 4.99. The average molecular weight is 385 g/mol. The number of allylic oxidation sites excluding steroid dienone is 2. The molecule has 2 aliphatic carbocycles. The van der Waals surface area contributed by atoms with Gasteiger partial charge in [0.05, 0.1) is 7.11 Å². The molecular weight excluding hydrogens is 368 g/mol. The molecule has 4 rings (SSSR count). The van der Waals surface area contributed by atoms with Crippen molar-refractivity contribution in [3.8, 4) is 11.5 Å². The molecule has 2 bridgehead atoms. The smallest absolute Gasteiger partial charge is 0.437 e. The Morgan fingerprint density at radius 2 is 1.74 bits per heavy atom. The molecule has 0 amide bonds. The van der Waals surface area contributed by atoms with Crippen molar-refractivity contribution in [2.24, 2.45) is 0 Å². The minimum Gasteiger partial charge on any atom is -0.437 e. The number of esters is 1. The number of fused-ring (bicyclic) bond motifs is 6. The largest absolute Gasteiger partial charge is 0.513 e. The average Bonchev–Trinajstić information content (AvgIpc) is 3.21. The van der Waals surface area contributed by atoms with Gasteiger partial charge in [-0.2, -0.15) is 0 Å². The van der Waals surface area contributed by atoms with Crippen molar-refractivity contribution >= 4 is 34.5 Å². The fourth-order valence-corrected chi connectivity index (χ4v) is 4.20. The number of benzene rings is 2. The number of ether oxygens (including phenoxy) is 3. The lowest BCUT2D eigenvalue weighted by Crippen LogP contribution is -2.14. The van der Waals surface area contributed by atoms with Crippen LogP contribution in [0.3, 0.4) is 0 Å². The van der Waals surface area contributed by atoms with Gasteiger partial charge < -0.3 is 14.2 Å². The first kappa shape index (κ1) is 17.6. The molecule has 138 valence electrons. The Balaban J connectivity index is 2.02. The van der Waals surface area contributed by atoms with Gasteiger partial charge in [0, 0.05) is 44.3 Å². The first-order valence-corrected chi connectivity index (χ1v) is 8.89. The fraction of sp³-hybridized carbons (Fsp3) is 0.238. The number of methoxy groups -OCH3 is 1. The highest BCUT2D eigenvalue weighted by Crippen LogP contribution is 2.61. The summed E-state index contributed by atoms with van der Waals surface area (Å²) in [5, 5.41) is 2.05. The summed E-state index contributed by atoms with van der Waals surface area (Å²) in [4.78, 5) is 24.1. The number of halogens is 1. The molecule has 2 atom stereocenters. The van der Waals surface area contributed by atoms with E-state index in [-0.39, 0.29) is 11.8 Å². The van der Waals surface area contributed by atoms with E-state index in [1.165, 1.54) is 7.11 Å². The molecule has 6 heteroatoms. The SMILES string of the molecule is C=C(C)C(=O)Oc1c2c(c(OC(=O)OC)c3ccccc13)C1C=C(Cl)C2C1. The van der Waals surface area contributed by atoms with E-state index in [1.54, 1.807) is 6.92 Å². The molecule has 0 saturated heterocycles. The van der Waals surface area contributed by atoms with Crippen LogP contribution in [0.5, 0.6) is 11.5 Å². The second-order valence-electron chi connectivity index (χ2n) is 6.70. The van der Waals surface area contributed by atoms with E-state index < -0.39 is 12.1 Å². The van der Waals surface area contributed by atoms with Crippen LogP contribution in [0.2, 0.25) is 0 Å². The van der Waals surface area contributed by atoms with Gasteiger partial charge in [-0.3, -0.25) is 0 Å². The molecule has 2 unspecified atom stereocenters. The Morgan fingerprint density at radius 1 is 1.11 bits per heavy atom. The first-order chi connectivity index (χ1) is 12.9. The summed E-state index contributed by atoms with van der Waals surface area (Å²) in [6.45, 7) is 5.25. The van der Waals surface area contributed by atoms with E-state index >= 15 is 0 Å². The van der Waals surface area contributed by atoms with Crippen molar-refractivity contribution in [3.63, 3.8) is 0 Å². The molecule has 0 saturated carbocycles. The lowest BCUT2D eigenvalue weighted by molar-refractivity contribution is -0.130. The van der Waals surface area contributed by atoms with Gasteiger partial charge in [-0.15, -0.1) is 0 Å². The monoisotopic (exact) mass is 384 g/mol. The van der Waals surface area contributed by atoms with Crippen molar-refractivity contribution in [2.45, 2.75) is 25.2 Å². The van der Waals surface area contributed by atoms with Crippen molar-refractivity contribution < 1.29 is 23.8 Å². The highest BCUT2D eigenvalue weighted by atomic mass is 35.5. The molecule has 5 nitrogen and oxygen atoms in total. The number of carbonyl (C=O) groups is 2. The van der Waals surface area contributed by atoms with Gasteiger partial charge in [0.25, 0.3) is 0 Å². The van der Waals surface area contributed by atoms with Crippen LogP contribution in [-0.2, 0) is 9.53 Å². The molecule has 2 aliphatic rings. The molecule has 0 spiro atoms. The second-order valence-corrected chi connectivity index (χ2v) is 7.14. The summed E-state index contributed by atoms with van der Waals surface area (Å²) in [7, 11) is 1.26. The van der Waals surface area contributed by atoms with Gasteiger partial charge in [-0.25, -0.2) is 9.59 Å². The number of hydrogen-bond donors (Lipinski definition) is 0. The Morgan fingerprint density at radius 3 is 2.33 bits per heavy atom. The first-order valence-electron chi connectivity index (χ1n) is 8.51. The quantitative estimate of drug-likeness (QED) is 0.316. The Labute approximate surface area is 161 Å². The molecule has 0 aliphatic heterocycles. The van der Waals surface area contributed by atoms with Crippen LogP contribution in [0.25, 0.3) is 10.8 Å². The summed E-state index contributed by atoms with van der Waals surface area (Å²) < 4.78 is 15.9. The van der Waals surface area contributed by atoms with Crippen LogP contribution in [0.15, 0.2) is 47.5 Å². The van der Waals surface area contributed by atoms with E-state index in [1.807, 2.05) is 30.3 Å². The van der Waals surface area contributed by atoms with Crippen molar-refractivity contribution in [2.75, 3.05) is 7.11 Å². The zero-order valence-electron chi connectivity index (χ0n) is 14.9. The fourth-order valence-electron chi connectivity index (χ4n) is 3.85. The number of carbonyl (C=O) groups excluding carboxylic acids is 2. The van der Waals surface area contributed by atoms with E-state index in [0.29, 0.717) is 32.9 Å². The molecule has 2 aromatic rings. The summed E-state index contributed by atoms with van der Waals surface area (Å²) in [6.07, 6.45) is 1.91. The normalized spacial score (nSPS) is 19.4. The van der Waals surface area contributed by atoms with Crippen LogP contribution < -0.4 is 9.47 Å². The predicted molar refractivity (Wildman–Crippen MR) is 101 cm³/mol. The van der Waals surface area contributed by atoms with Gasteiger partial charge in [0.1, 0.15) is 11.5 Å². The van der Waals surface area contributed by atoms with Crippen molar-refractivity contribution in [1.29, 1.82) is 0 Å². The molecule has 27 heavy (non-hydrogen) atoms. The van der Waals surface area contributed by atoms with Gasteiger partial charge in [-0.1, -0.05) is 48.5 Å². The van der Waals surface area contributed by atoms with E-state index in [0.717, 1.165) is 17.5 Å². The molecular formula is C21H17ClO5. The summed E-state index contributed by atoms with van der Waals surface area (Å²) in [5.41, 5.74) is 1.91. The molecule has 2 aromatic carbocycles. The van der Waals surface area contributed by atoms with Crippen LogP contribution in [-0.4, -0.2) is 19.2 Å². The van der Waals surface area contributed by atoms with Crippen LogP contribution in [0.1, 0.15) is 36.3 Å². The maximum absolute atomic E-state index is 12.3. The second kappa shape index (κ2) is 6.43.